The molecule has 6 heteroatoms. The molecular formula is C15H15BrN2O3. The highest BCUT2D eigenvalue weighted by Gasteiger charge is 2.24. The van der Waals surface area contributed by atoms with Crippen molar-refractivity contribution in [3.63, 3.8) is 0 Å². The fraction of sp³-hybridized carbons (Fsp3) is 0.267. The Kier molecular flexibility index (Phi) is 3.88. The van der Waals surface area contributed by atoms with Crippen LogP contribution in [0.15, 0.2) is 41.0 Å². The van der Waals surface area contributed by atoms with Crippen molar-refractivity contribution in [1.29, 1.82) is 0 Å². The standard InChI is InChI=1S/C15H15BrN2O3/c1-18(15(19)12-6-10(16)7-17-12)8-11-9-20-13-4-2-3-5-14(13)21-11/h2-7,11,17H,8-9H2,1H3. The average molecular weight is 351 g/mol. The van der Waals surface area contributed by atoms with Crippen LogP contribution in [0, 0.1) is 0 Å². The number of carbonyl (C=O) groups excluding carboxylic acids is 1. The Morgan fingerprint density at radius 1 is 1.43 bits per heavy atom. The van der Waals surface area contributed by atoms with Gasteiger partial charge in [-0.25, -0.2) is 0 Å². The van der Waals surface area contributed by atoms with E-state index in [1.54, 1.807) is 24.2 Å². The molecule has 0 saturated heterocycles. The number of halogens is 1. The number of hydrogen-bond donors (Lipinski definition) is 1. The molecule has 0 radical (unpaired) electrons. The number of likely N-dealkylation sites (N-methyl/N-ethyl adjacent to an activating group) is 1. The Balaban J connectivity index is 1.63. The zero-order chi connectivity index (χ0) is 14.8. The van der Waals surface area contributed by atoms with Gasteiger partial charge in [0.25, 0.3) is 5.91 Å². The van der Waals surface area contributed by atoms with E-state index in [-0.39, 0.29) is 12.0 Å². The second-order valence-corrected chi connectivity index (χ2v) is 5.83. The molecule has 2 heterocycles. The zero-order valence-electron chi connectivity index (χ0n) is 11.5. The van der Waals surface area contributed by atoms with E-state index in [2.05, 4.69) is 20.9 Å². The summed E-state index contributed by atoms with van der Waals surface area (Å²) < 4.78 is 12.4. The number of hydrogen-bond acceptors (Lipinski definition) is 3. The van der Waals surface area contributed by atoms with Gasteiger partial charge >= 0.3 is 0 Å². The Bertz CT molecular complexity index is 656. The molecule has 1 aromatic heterocycles. The fourth-order valence-electron chi connectivity index (χ4n) is 2.24. The predicted molar refractivity (Wildman–Crippen MR) is 81.8 cm³/mol. The van der Waals surface area contributed by atoms with Crippen molar-refractivity contribution in [2.45, 2.75) is 6.10 Å². The fourth-order valence-corrected chi connectivity index (χ4v) is 2.58. The molecule has 3 rings (SSSR count). The van der Waals surface area contributed by atoms with E-state index in [9.17, 15) is 4.79 Å². The smallest absolute Gasteiger partial charge is 0.270 e. The number of nitrogens with zero attached hydrogens (tertiary/aromatic N) is 1. The summed E-state index contributed by atoms with van der Waals surface area (Å²) in [6.07, 6.45) is 1.56. The van der Waals surface area contributed by atoms with Crippen molar-refractivity contribution in [2.24, 2.45) is 0 Å². The first-order valence-electron chi connectivity index (χ1n) is 6.61. The highest BCUT2D eigenvalue weighted by molar-refractivity contribution is 9.10. The van der Waals surface area contributed by atoms with E-state index < -0.39 is 0 Å². The molecular weight excluding hydrogens is 336 g/mol. The molecule has 1 aliphatic heterocycles. The maximum atomic E-state index is 12.3. The van der Waals surface area contributed by atoms with Gasteiger partial charge in [0.1, 0.15) is 12.3 Å². The Hall–Kier alpha value is -1.95. The number of aromatic nitrogens is 1. The summed E-state index contributed by atoms with van der Waals surface area (Å²) >= 11 is 3.32. The number of aromatic amines is 1. The second-order valence-electron chi connectivity index (χ2n) is 4.91. The quantitative estimate of drug-likeness (QED) is 0.925. The minimum atomic E-state index is -0.174. The maximum Gasteiger partial charge on any atom is 0.270 e. The summed E-state index contributed by atoms with van der Waals surface area (Å²) in [5.41, 5.74) is 0.543. The molecule has 0 fully saturated rings. The van der Waals surface area contributed by atoms with Crippen molar-refractivity contribution in [3.8, 4) is 11.5 Å². The van der Waals surface area contributed by atoms with Crippen LogP contribution in [0.2, 0.25) is 0 Å². The van der Waals surface area contributed by atoms with Crippen molar-refractivity contribution in [1.82, 2.24) is 9.88 Å². The lowest BCUT2D eigenvalue weighted by atomic mass is 10.2. The summed E-state index contributed by atoms with van der Waals surface area (Å²) in [4.78, 5) is 16.8. The molecule has 1 aliphatic rings. The van der Waals surface area contributed by atoms with Gasteiger partial charge in [0, 0.05) is 17.7 Å². The third-order valence-electron chi connectivity index (χ3n) is 3.27. The number of carbonyl (C=O) groups is 1. The molecule has 0 aliphatic carbocycles. The van der Waals surface area contributed by atoms with Gasteiger partial charge in [-0.3, -0.25) is 4.79 Å². The van der Waals surface area contributed by atoms with Crippen molar-refractivity contribution in [3.05, 3.63) is 46.7 Å². The molecule has 2 aromatic rings. The number of amides is 1. The number of ether oxygens (including phenoxy) is 2. The topological polar surface area (TPSA) is 54.6 Å². The number of para-hydroxylation sites is 2. The lowest BCUT2D eigenvalue weighted by Crippen LogP contribution is -2.41. The molecule has 1 unspecified atom stereocenters. The normalized spacial score (nSPS) is 16.6. The van der Waals surface area contributed by atoms with Crippen LogP contribution in [0.5, 0.6) is 11.5 Å². The summed E-state index contributed by atoms with van der Waals surface area (Å²) in [7, 11) is 1.75. The highest BCUT2D eigenvalue weighted by Crippen LogP contribution is 2.31. The van der Waals surface area contributed by atoms with Crippen molar-refractivity contribution < 1.29 is 14.3 Å². The Labute approximate surface area is 131 Å². The SMILES string of the molecule is CN(CC1COc2ccccc2O1)C(=O)c1cc(Br)c[nH]1. The lowest BCUT2D eigenvalue weighted by molar-refractivity contribution is 0.0518. The van der Waals surface area contributed by atoms with Crippen LogP contribution < -0.4 is 9.47 Å². The average Bonchev–Trinajstić information content (AvgIpc) is 2.93. The minimum absolute atomic E-state index is 0.0804. The molecule has 110 valence electrons. The van der Waals surface area contributed by atoms with Crippen LogP contribution in [0.25, 0.3) is 0 Å². The molecule has 1 aromatic carbocycles. The van der Waals surface area contributed by atoms with Gasteiger partial charge in [-0.15, -0.1) is 0 Å². The summed E-state index contributed by atoms with van der Waals surface area (Å²) in [6.45, 7) is 0.896. The first kappa shape index (κ1) is 14.0. The first-order chi connectivity index (χ1) is 10.1. The summed E-state index contributed by atoms with van der Waals surface area (Å²) in [6, 6.07) is 9.30. The monoisotopic (exact) mass is 350 g/mol. The molecule has 0 saturated carbocycles. The van der Waals surface area contributed by atoms with Crippen molar-refractivity contribution >= 4 is 21.8 Å². The zero-order valence-corrected chi connectivity index (χ0v) is 13.1. The van der Waals surface area contributed by atoms with Crippen LogP contribution in [0.4, 0.5) is 0 Å². The van der Waals surface area contributed by atoms with E-state index >= 15 is 0 Å². The maximum absolute atomic E-state index is 12.3. The molecule has 21 heavy (non-hydrogen) atoms. The van der Waals surface area contributed by atoms with E-state index in [1.165, 1.54) is 0 Å². The van der Waals surface area contributed by atoms with Crippen LogP contribution in [0.3, 0.4) is 0 Å². The Morgan fingerprint density at radius 2 is 2.19 bits per heavy atom. The first-order valence-corrected chi connectivity index (χ1v) is 7.40. The molecule has 1 N–H and O–H groups in total. The van der Waals surface area contributed by atoms with E-state index in [0.717, 1.165) is 16.0 Å². The lowest BCUT2D eigenvalue weighted by Gasteiger charge is -2.29. The highest BCUT2D eigenvalue weighted by atomic mass is 79.9. The summed E-state index contributed by atoms with van der Waals surface area (Å²) in [5, 5.41) is 0. The largest absolute Gasteiger partial charge is 0.486 e. The van der Waals surface area contributed by atoms with Crippen LogP contribution in [-0.2, 0) is 0 Å². The summed E-state index contributed by atoms with van der Waals surface area (Å²) in [5.74, 6) is 1.39. The number of rotatable bonds is 3. The van der Waals surface area contributed by atoms with Gasteiger partial charge in [0.2, 0.25) is 0 Å². The van der Waals surface area contributed by atoms with Gasteiger partial charge in [-0.2, -0.15) is 0 Å². The van der Waals surface area contributed by atoms with Gasteiger partial charge in [0.05, 0.1) is 6.54 Å². The van der Waals surface area contributed by atoms with Gasteiger partial charge < -0.3 is 19.4 Å². The number of H-pyrrole nitrogens is 1. The van der Waals surface area contributed by atoms with Gasteiger partial charge in [0.15, 0.2) is 17.6 Å². The Morgan fingerprint density at radius 3 is 2.90 bits per heavy atom. The molecule has 5 nitrogen and oxygen atoms in total. The van der Waals surface area contributed by atoms with Crippen LogP contribution in [0.1, 0.15) is 10.5 Å². The number of nitrogens with one attached hydrogen (secondary N) is 1. The van der Waals surface area contributed by atoms with E-state index in [4.69, 9.17) is 9.47 Å². The predicted octanol–water partition coefficient (Wildman–Crippen LogP) is 2.69. The van der Waals surface area contributed by atoms with Crippen LogP contribution >= 0.6 is 15.9 Å². The molecule has 0 spiro atoms. The minimum Gasteiger partial charge on any atom is -0.486 e. The second kappa shape index (κ2) is 5.81. The van der Waals surface area contributed by atoms with Crippen LogP contribution in [-0.4, -0.2) is 42.1 Å². The number of benzene rings is 1. The third-order valence-corrected chi connectivity index (χ3v) is 3.73. The molecule has 0 bridgehead atoms. The third kappa shape index (κ3) is 3.05. The van der Waals surface area contributed by atoms with E-state index in [0.29, 0.717) is 18.8 Å². The molecule has 1 atom stereocenters. The number of fused-ring (bicyclic) bond motifs is 1. The van der Waals surface area contributed by atoms with Gasteiger partial charge in [-0.1, -0.05) is 12.1 Å². The van der Waals surface area contributed by atoms with E-state index in [1.807, 2.05) is 24.3 Å². The van der Waals surface area contributed by atoms with Gasteiger partial charge in [-0.05, 0) is 34.1 Å². The molecule has 1 amide bonds. The van der Waals surface area contributed by atoms with Crippen molar-refractivity contribution in [2.75, 3.05) is 20.2 Å².